The molecule has 0 aliphatic rings. The topological polar surface area (TPSA) is 42.7 Å². The summed E-state index contributed by atoms with van der Waals surface area (Å²) in [5.74, 6) is 0.978. The molecule has 0 amide bonds. The van der Waals surface area contributed by atoms with Gasteiger partial charge in [-0.15, -0.1) is 0 Å². The molecular formula is C12H16N4. The van der Waals surface area contributed by atoms with Crippen molar-refractivity contribution in [3.63, 3.8) is 0 Å². The zero-order valence-corrected chi connectivity index (χ0v) is 9.43. The van der Waals surface area contributed by atoms with Gasteiger partial charge in [0.2, 0.25) is 0 Å². The third kappa shape index (κ3) is 2.59. The highest BCUT2D eigenvalue weighted by molar-refractivity contribution is 5.42. The molecule has 1 aromatic heterocycles. The summed E-state index contributed by atoms with van der Waals surface area (Å²) in [4.78, 5) is 4.24. The van der Waals surface area contributed by atoms with Crippen LogP contribution in [0.1, 0.15) is 19.2 Å². The van der Waals surface area contributed by atoms with Gasteiger partial charge in [-0.1, -0.05) is 25.1 Å². The van der Waals surface area contributed by atoms with Crippen LogP contribution in [0.3, 0.4) is 0 Å². The summed E-state index contributed by atoms with van der Waals surface area (Å²) in [5.41, 5.74) is 1.11. The fraction of sp³-hybridized carbons (Fsp3) is 0.333. The first-order valence-electron chi connectivity index (χ1n) is 5.55. The smallest absolute Gasteiger partial charge is 0.146 e. The first-order valence-corrected chi connectivity index (χ1v) is 5.55. The van der Waals surface area contributed by atoms with Crippen LogP contribution in [0.15, 0.2) is 36.7 Å². The van der Waals surface area contributed by atoms with Crippen LogP contribution in [0.5, 0.6) is 0 Å². The highest BCUT2D eigenvalue weighted by Gasteiger charge is 2.02. The molecule has 0 atom stereocenters. The van der Waals surface area contributed by atoms with Gasteiger partial charge in [0.25, 0.3) is 0 Å². The Kier molecular flexibility index (Phi) is 3.53. The second kappa shape index (κ2) is 5.30. The van der Waals surface area contributed by atoms with E-state index in [1.807, 2.05) is 35.0 Å². The van der Waals surface area contributed by atoms with E-state index in [1.54, 1.807) is 6.33 Å². The van der Waals surface area contributed by atoms with E-state index in [-0.39, 0.29) is 0 Å². The van der Waals surface area contributed by atoms with Crippen molar-refractivity contribution < 1.29 is 0 Å². The van der Waals surface area contributed by atoms with Crippen molar-refractivity contribution in [3.8, 4) is 0 Å². The van der Waals surface area contributed by atoms with Crippen LogP contribution in [-0.4, -0.2) is 14.8 Å². The number of nitrogens with one attached hydrogen (secondary N) is 1. The lowest BCUT2D eigenvalue weighted by molar-refractivity contribution is 0.574. The largest absolute Gasteiger partial charge is 0.378 e. The molecule has 0 radical (unpaired) electrons. The molecule has 4 nitrogen and oxygen atoms in total. The van der Waals surface area contributed by atoms with Crippen LogP contribution in [0.4, 0.5) is 5.69 Å². The van der Waals surface area contributed by atoms with Gasteiger partial charge in [0, 0.05) is 12.2 Å². The maximum atomic E-state index is 4.24. The standard InChI is InChI=1S/C12H16N4/c1-2-8-16-12(14-10-15-16)9-13-11-6-4-3-5-7-11/h3-7,10,13H,2,8-9H2,1H3. The molecule has 1 N–H and O–H groups in total. The number of rotatable bonds is 5. The first-order chi connectivity index (χ1) is 7.90. The van der Waals surface area contributed by atoms with Gasteiger partial charge in [0.15, 0.2) is 0 Å². The Bertz CT molecular complexity index is 422. The van der Waals surface area contributed by atoms with E-state index in [0.29, 0.717) is 6.54 Å². The van der Waals surface area contributed by atoms with Crippen molar-refractivity contribution in [2.24, 2.45) is 0 Å². The van der Waals surface area contributed by atoms with E-state index in [1.165, 1.54) is 0 Å². The van der Waals surface area contributed by atoms with Crippen molar-refractivity contribution >= 4 is 5.69 Å². The molecule has 84 valence electrons. The summed E-state index contributed by atoms with van der Waals surface area (Å²) in [6.45, 7) is 3.77. The molecule has 1 aromatic carbocycles. The Balaban J connectivity index is 1.97. The number of anilines is 1. The summed E-state index contributed by atoms with van der Waals surface area (Å²) in [7, 11) is 0. The first kappa shape index (κ1) is 10.7. The average molecular weight is 216 g/mol. The predicted molar refractivity (Wildman–Crippen MR) is 64.1 cm³/mol. The minimum atomic E-state index is 0.712. The fourth-order valence-corrected chi connectivity index (χ4v) is 1.56. The minimum absolute atomic E-state index is 0.712. The molecule has 0 fully saturated rings. The van der Waals surface area contributed by atoms with E-state index in [2.05, 4.69) is 22.3 Å². The molecule has 2 rings (SSSR count). The summed E-state index contributed by atoms with van der Waals surface area (Å²) in [5, 5.41) is 7.51. The Morgan fingerprint density at radius 1 is 1.25 bits per heavy atom. The lowest BCUT2D eigenvalue weighted by Crippen LogP contribution is -2.09. The highest BCUT2D eigenvalue weighted by Crippen LogP contribution is 2.06. The Labute approximate surface area is 95.3 Å². The molecular weight excluding hydrogens is 200 g/mol. The second-order valence-electron chi connectivity index (χ2n) is 3.62. The van der Waals surface area contributed by atoms with Crippen LogP contribution in [-0.2, 0) is 13.1 Å². The molecule has 1 heterocycles. The number of para-hydroxylation sites is 1. The van der Waals surface area contributed by atoms with Gasteiger partial charge >= 0.3 is 0 Å². The lowest BCUT2D eigenvalue weighted by atomic mass is 10.3. The normalized spacial score (nSPS) is 10.3. The Morgan fingerprint density at radius 2 is 2.06 bits per heavy atom. The maximum absolute atomic E-state index is 4.24. The van der Waals surface area contributed by atoms with Crippen LogP contribution < -0.4 is 5.32 Å². The summed E-state index contributed by atoms with van der Waals surface area (Å²) < 4.78 is 1.94. The molecule has 4 heteroatoms. The SMILES string of the molecule is CCCn1ncnc1CNc1ccccc1. The quantitative estimate of drug-likeness (QED) is 0.834. The predicted octanol–water partition coefficient (Wildman–Crippen LogP) is 2.30. The third-order valence-corrected chi connectivity index (χ3v) is 2.36. The van der Waals surface area contributed by atoms with Gasteiger partial charge in [-0.2, -0.15) is 5.10 Å². The molecule has 0 saturated heterocycles. The van der Waals surface area contributed by atoms with Crippen molar-refractivity contribution in [1.82, 2.24) is 14.8 Å². The number of hydrogen-bond acceptors (Lipinski definition) is 3. The van der Waals surface area contributed by atoms with Crippen molar-refractivity contribution in [2.75, 3.05) is 5.32 Å². The molecule has 0 spiro atoms. The number of nitrogens with zero attached hydrogens (tertiary/aromatic N) is 3. The lowest BCUT2D eigenvalue weighted by Gasteiger charge is -2.07. The molecule has 0 unspecified atom stereocenters. The van der Waals surface area contributed by atoms with E-state index in [9.17, 15) is 0 Å². The van der Waals surface area contributed by atoms with Crippen LogP contribution >= 0.6 is 0 Å². The minimum Gasteiger partial charge on any atom is -0.378 e. The van der Waals surface area contributed by atoms with E-state index in [4.69, 9.17) is 0 Å². The summed E-state index contributed by atoms with van der Waals surface area (Å²) in [6.07, 6.45) is 2.68. The van der Waals surface area contributed by atoms with E-state index in [0.717, 1.165) is 24.5 Å². The molecule has 0 aliphatic carbocycles. The monoisotopic (exact) mass is 216 g/mol. The third-order valence-electron chi connectivity index (χ3n) is 2.36. The molecule has 0 bridgehead atoms. The zero-order chi connectivity index (χ0) is 11.2. The van der Waals surface area contributed by atoms with Gasteiger partial charge < -0.3 is 5.32 Å². The van der Waals surface area contributed by atoms with E-state index < -0.39 is 0 Å². The Hall–Kier alpha value is -1.84. The van der Waals surface area contributed by atoms with Crippen LogP contribution in [0, 0.1) is 0 Å². The van der Waals surface area contributed by atoms with Crippen LogP contribution in [0.2, 0.25) is 0 Å². The van der Waals surface area contributed by atoms with Gasteiger partial charge in [-0.3, -0.25) is 0 Å². The number of benzene rings is 1. The number of aromatic nitrogens is 3. The van der Waals surface area contributed by atoms with Crippen molar-refractivity contribution in [1.29, 1.82) is 0 Å². The summed E-state index contributed by atoms with van der Waals surface area (Å²) >= 11 is 0. The van der Waals surface area contributed by atoms with Gasteiger partial charge in [0.1, 0.15) is 12.2 Å². The fourth-order valence-electron chi connectivity index (χ4n) is 1.56. The average Bonchev–Trinajstić information content (AvgIpc) is 2.76. The molecule has 2 aromatic rings. The van der Waals surface area contributed by atoms with Crippen LogP contribution in [0.25, 0.3) is 0 Å². The highest BCUT2D eigenvalue weighted by atomic mass is 15.3. The molecule has 16 heavy (non-hydrogen) atoms. The van der Waals surface area contributed by atoms with Crippen molar-refractivity contribution in [2.45, 2.75) is 26.4 Å². The molecule has 0 aliphatic heterocycles. The maximum Gasteiger partial charge on any atom is 0.146 e. The zero-order valence-electron chi connectivity index (χ0n) is 9.43. The van der Waals surface area contributed by atoms with Gasteiger partial charge in [-0.05, 0) is 18.6 Å². The van der Waals surface area contributed by atoms with E-state index >= 15 is 0 Å². The van der Waals surface area contributed by atoms with Gasteiger partial charge in [-0.25, -0.2) is 9.67 Å². The number of aryl methyl sites for hydroxylation is 1. The Morgan fingerprint density at radius 3 is 2.81 bits per heavy atom. The van der Waals surface area contributed by atoms with Gasteiger partial charge in [0.05, 0.1) is 6.54 Å². The van der Waals surface area contributed by atoms with Crippen molar-refractivity contribution in [3.05, 3.63) is 42.5 Å². The summed E-state index contributed by atoms with van der Waals surface area (Å²) in [6, 6.07) is 10.1. The molecule has 0 saturated carbocycles. The second-order valence-corrected chi connectivity index (χ2v) is 3.62. The number of hydrogen-bond donors (Lipinski definition) is 1.